The van der Waals surface area contributed by atoms with E-state index in [1.54, 1.807) is 48.1 Å². The highest BCUT2D eigenvalue weighted by molar-refractivity contribution is 7.17. The van der Waals surface area contributed by atoms with E-state index in [0.29, 0.717) is 11.5 Å². The van der Waals surface area contributed by atoms with Crippen molar-refractivity contribution < 1.29 is 18.7 Å². The second-order valence-electron chi connectivity index (χ2n) is 5.10. The zero-order valence-corrected chi connectivity index (χ0v) is 13.6. The minimum atomic E-state index is -0.884. The number of fused-ring (bicyclic) bond motifs is 1. The molecule has 3 aromatic heterocycles. The SMILES string of the molecule is C[C@H](OC(=O)c1cc2sccc2n1C)C(=O)NCc1ccco1. The number of thiophene rings is 1. The molecule has 23 heavy (non-hydrogen) atoms. The molecule has 0 aliphatic rings. The van der Waals surface area contributed by atoms with Crippen molar-refractivity contribution in [2.24, 2.45) is 7.05 Å². The molecule has 0 aliphatic carbocycles. The summed E-state index contributed by atoms with van der Waals surface area (Å²) in [7, 11) is 1.80. The maximum absolute atomic E-state index is 12.2. The summed E-state index contributed by atoms with van der Waals surface area (Å²) in [5.41, 5.74) is 1.40. The van der Waals surface area contributed by atoms with Crippen molar-refractivity contribution in [1.29, 1.82) is 0 Å². The quantitative estimate of drug-likeness (QED) is 0.729. The van der Waals surface area contributed by atoms with Crippen LogP contribution in [0.25, 0.3) is 10.2 Å². The molecule has 1 N–H and O–H groups in total. The van der Waals surface area contributed by atoms with E-state index in [4.69, 9.17) is 9.15 Å². The first-order valence-electron chi connectivity index (χ1n) is 7.10. The van der Waals surface area contributed by atoms with Crippen LogP contribution >= 0.6 is 11.3 Å². The van der Waals surface area contributed by atoms with Gasteiger partial charge in [0.2, 0.25) is 0 Å². The van der Waals surface area contributed by atoms with Crippen LogP contribution in [-0.2, 0) is 23.1 Å². The molecular formula is C16H16N2O4S. The van der Waals surface area contributed by atoms with Crippen LogP contribution in [0.2, 0.25) is 0 Å². The van der Waals surface area contributed by atoms with Gasteiger partial charge >= 0.3 is 5.97 Å². The van der Waals surface area contributed by atoms with Gasteiger partial charge in [0.25, 0.3) is 5.91 Å². The van der Waals surface area contributed by atoms with Crippen molar-refractivity contribution >= 4 is 33.4 Å². The highest BCUT2D eigenvalue weighted by Crippen LogP contribution is 2.24. The van der Waals surface area contributed by atoms with E-state index in [1.165, 1.54) is 6.26 Å². The lowest BCUT2D eigenvalue weighted by molar-refractivity contribution is -0.129. The molecule has 3 aromatic rings. The Balaban J connectivity index is 1.61. The fraction of sp³-hybridized carbons (Fsp3) is 0.250. The molecule has 3 heterocycles. The molecule has 0 saturated heterocycles. The normalized spacial score (nSPS) is 12.3. The molecule has 0 bridgehead atoms. The molecule has 0 aliphatic heterocycles. The van der Waals surface area contributed by atoms with Crippen molar-refractivity contribution in [1.82, 2.24) is 9.88 Å². The standard InChI is InChI=1S/C16H16N2O4S/c1-10(15(19)17-9-11-4-3-6-21-11)22-16(20)13-8-14-12(18(13)2)5-7-23-14/h3-8,10H,9H2,1-2H3,(H,17,19)/t10-/m0/s1. The fourth-order valence-corrected chi connectivity index (χ4v) is 3.10. The van der Waals surface area contributed by atoms with Crippen molar-refractivity contribution in [2.45, 2.75) is 19.6 Å². The lowest BCUT2D eigenvalue weighted by Gasteiger charge is -2.13. The van der Waals surface area contributed by atoms with Crippen LogP contribution in [0.5, 0.6) is 0 Å². The zero-order valence-electron chi connectivity index (χ0n) is 12.7. The van der Waals surface area contributed by atoms with Gasteiger partial charge in [-0.3, -0.25) is 4.79 Å². The Kier molecular flexibility index (Phi) is 4.20. The molecule has 120 valence electrons. The van der Waals surface area contributed by atoms with Crippen molar-refractivity contribution in [3.05, 3.63) is 47.4 Å². The van der Waals surface area contributed by atoms with Crippen molar-refractivity contribution in [2.75, 3.05) is 0 Å². The summed E-state index contributed by atoms with van der Waals surface area (Å²) >= 11 is 1.55. The van der Waals surface area contributed by atoms with Gasteiger partial charge < -0.3 is 19.0 Å². The first kappa shape index (κ1) is 15.4. The van der Waals surface area contributed by atoms with Gasteiger partial charge in [0.15, 0.2) is 6.10 Å². The maximum atomic E-state index is 12.2. The number of esters is 1. The van der Waals surface area contributed by atoms with Gasteiger partial charge in [0.05, 0.1) is 23.0 Å². The summed E-state index contributed by atoms with van der Waals surface area (Å²) in [5, 5.41) is 4.63. The summed E-state index contributed by atoms with van der Waals surface area (Å²) in [4.78, 5) is 24.2. The molecule has 1 amide bonds. The number of ether oxygens (including phenoxy) is 1. The average molecular weight is 332 g/mol. The summed E-state index contributed by atoms with van der Waals surface area (Å²) < 4.78 is 13.2. The smallest absolute Gasteiger partial charge is 0.355 e. The summed E-state index contributed by atoms with van der Waals surface area (Å²) in [5.74, 6) is -0.248. The number of amides is 1. The summed E-state index contributed by atoms with van der Waals surface area (Å²) in [6.07, 6.45) is 0.650. The topological polar surface area (TPSA) is 73.5 Å². The van der Waals surface area contributed by atoms with E-state index in [2.05, 4.69) is 5.32 Å². The highest BCUT2D eigenvalue weighted by Gasteiger charge is 2.22. The molecular weight excluding hydrogens is 316 g/mol. The van der Waals surface area contributed by atoms with Crippen LogP contribution in [0.3, 0.4) is 0 Å². The van der Waals surface area contributed by atoms with Gasteiger partial charge in [-0.1, -0.05) is 0 Å². The van der Waals surface area contributed by atoms with E-state index >= 15 is 0 Å². The van der Waals surface area contributed by atoms with E-state index in [9.17, 15) is 9.59 Å². The van der Waals surface area contributed by atoms with Gasteiger partial charge in [0.1, 0.15) is 11.5 Å². The Morgan fingerprint density at radius 1 is 1.43 bits per heavy atom. The third-order valence-electron chi connectivity index (χ3n) is 3.54. The van der Waals surface area contributed by atoms with Gasteiger partial charge in [-0.05, 0) is 36.6 Å². The molecule has 0 unspecified atom stereocenters. The highest BCUT2D eigenvalue weighted by atomic mass is 32.1. The van der Waals surface area contributed by atoms with Crippen molar-refractivity contribution in [3.8, 4) is 0 Å². The van der Waals surface area contributed by atoms with E-state index in [-0.39, 0.29) is 12.5 Å². The molecule has 0 spiro atoms. The lowest BCUT2D eigenvalue weighted by Crippen LogP contribution is -2.35. The number of carbonyl (C=O) groups excluding carboxylic acids is 2. The number of carbonyl (C=O) groups is 2. The Morgan fingerprint density at radius 3 is 2.96 bits per heavy atom. The molecule has 7 heteroatoms. The van der Waals surface area contributed by atoms with E-state index in [1.807, 2.05) is 11.4 Å². The molecule has 3 rings (SSSR count). The van der Waals surface area contributed by atoms with Crippen LogP contribution in [0.4, 0.5) is 0 Å². The van der Waals surface area contributed by atoms with Crippen LogP contribution < -0.4 is 5.32 Å². The summed E-state index contributed by atoms with van der Waals surface area (Å²) in [6, 6.07) is 7.21. The number of aryl methyl sites for hydroxylation is 1. The molecule has 0 aromatic carbocycles. The van der Waals surface area contributed by atoms with Crippen molar-refractivity contribution in [3.63, 3.8) is 0 Å². The maximum Gasteiger partial charge on any atom is 0.355 e. The first-order chi connectivity index (χ1) is 11.1. The average Bonchev–Trinajstić information content (AvgIpc) is 3.23. The Bertz CT molecular complexity index is 832. The predicted molar refractivity (Wildman–Crippen MR) is 86.2 cm³/mol. The molecule has 6 nitrogen and oxygen atoms in total. The molecule has 1 atom stereocenters. The largest absolute Gasteiger partial charge is 0.467 e. The number of nitrogens with zero attached hydrogens (tertiary/aromatic N) is 1. The number of furan rings is 1. The first-order valence-corrected chi connectivity index (χ1v) is 7.98. The third kappa shape index (κ3) is 3.14. The number of nitrogens with one attached hydrogen (secondary N) is 1. The van der Waals surface area contributed by atoms with Crippen LogP contribution in [0, 0.1) is 0 Å². The Labute approximate surface area is 136 Å². The summed E-state index contributed by atoms with van der Waals surface area (Å²) in [6.45, 7) is 1.80. The predicted octanol–water partition coefficient (Wildman–Crippen LogP) is 2.69. The van der Waals surface area contributed by atoms with Gasteiger partial charge in [0, 0.05) is 7.05 Å². The number of rotatable bonds is 5. The Morgan fingerprint density at radius 2 is 2.26 bits per heavy atom. The second kappa shape index (κ2) is 6.29. The minimum absolute atomic E-state index is 0.258. The molecule has 0 saturated carbocycles. The minimum Gasteiger partial charge on any atom is -0.467 e. The Hall–Kier alpha value is -2.54. The number of hydrogen-bond donors (Lipinski definition) is 1. The lowest BCUT2D eigenvalue weighted by atomic mass is 10.3. The third-order valence-corrected chi connectivity index (χ3v) is 4.40. The molecule has 0 radical (unpaired) electrons. The van der Waals surface area contributed by atoms with Gasteiger partial charge in [-0.15, -0.1) is 11.3 Å². The van der Waals surface area contributed by atoms with E-state index in [0.717, 1.165) is 10.2 Å². The van der Waals surface area contributed by atoms with E-state index < -0.39 is 12.1 Å². The van der Waals surface area contributed by atoms with Crippen LogP contribution in [0.15, 0.2) is 40.3 Å². The number of hydrogen-bond acceptors (Lipinski definition) is 5. The van der Waals surface area contributed by atoms with Gasteiger partial charge in [-0.2, -0.15) is 0 Å². The molecule has 0 fully saturated rings. The zero-order chi connectivity index (χ0) is 16.4. The second-order valence-corrected chi connectivity index (χ2v) is 6.05. The monoisotopic (exact) mass is 332 g/mol. The van der Waals surface area contributed by atoms with Crippen LogP contribution in [-0.4, -0.2) is 22.5 Å². The van der Waals surface area contributed by atoms with Gasteiger partial charge in [-0.25, -0.2) is 4.79 Å². The fourth-order valence-electron chi connectivity index (χ4n) is 2.25. The number of aromatic nitrogens is 1. The van der Waals surface area contributed by atoms with Crippen LogP contribution in [0.1, 0.15) is 23.2 Å².